The first-order chi connectivity index (χ1) is 13.5. The third-order valence-corrected chi connectivity index (χ3v) is 5.07. The second kappa shape index (κ2) is 11.5. The minimum atomic E-state index is -0.431. The van der Waals surface area contributed by atoms with E-state index in [2.05, 4.69) is 21.2 Å². The largest absolute Gasteiger partial charge is 0.465 e. The number of hydrogen-bond acceptors (Lipinski definition) is 6. The summed E-state index contributed by atoms with van der Waals surface area (Å²) in [4.78, 5) is 36.5. The van der Waals surface area contributed by atoms with E-state index < -0.39 is 5.97 Å². The van der Waals surface area contributed by atoms with Crippen molar-refractivity contribution in [3.8, 4) is 0 Å². The number of nitrogens with one attached hydrogen (secondary N) is 1. The maximum absolute atomic E-state index is 12.5. The van der Waals surface area contributed by atoms with Crippen molar-refractivity contribution in [1.29, 1.82) is 0 Å². The van der Waals surface area contributed by atoms with Crippen LogP contribution in [0.15, 0.2) is 70.2 Å². The first-order valence-corrected chi connectivity index (χ1v) is 10.4. The van der Waals surface area contributed by atoms with Crippen LogP contribution in [0.1, 0.15) is 27.6 Å². The fourth-order valence-corrected chi connectivity index (χ4v) is 3.26. The number of thioether (sulfide) groups is 1. The Kier molecular flexibility index (Phi) is 8.97. The molecule has 0 amide bonds. The summed E-state index contributed by atoms with van der Waals surface area (Å²) in [5.41, 5.74) is 1.10. The lowest BCUT2D eigenvalue weighted by atomic mass is 10.1. The average Bonchev–Trinajstić information content (AvgIpc) is 2.71. The van der Waals surface area contributed by atoms with Gasteiger partial charge in [0.2, 0.25) is 0 Å². The zero-order chi connectivity index (χ0) is 20.4. The van der Waals surface area contributed by atoms with Gasteiger partial charge in [-0.1, -0.05) is 46.3 Å². The van der Waals surface area contributed by atoms with Gasteiger partial charge < -0.3 is 10.1 Å². The zero-order valence-corrected chi connectivity index (χ0v) is 17.7. The molecule has 1 N–H and O–H groups in total. The van der Waals surface area contributed by atoms with Crippen molar-refractivity contribution in [3.63, 3.8) is 0 Å². The number of carbonyl (C=O) groups is 3. The molecule has 7 heteroatoms. The molecule has 0 spiro atoms. The second-order valence-corrected chi connectivity index (χ2v) is 7.55. The van der Waals surface area contributed by atoms with Gasteiger partial charge in [0, 0.05) is 21.7 Å². The van der Waals surface area contributed by atoms with Crippen LogP contribution in [0, 0.1) is 0 Å². The summed E-state index contributed by atoms with van der Waals surface area (Å²) in [6.45, 7) is 1.91. The monoisotopic (exact) mass is 461 g/mol. The highest BCUT2D eigenvalue weighted by atomic mass is 79.9. The number of rotatable bonds is 10. The van der Waals surface area contributed by atoms with Crippen LogP contribution in [0.2, 0.25) is 0 Å². The Bertz CT molecular complexity index is 850. The molecule has 0 unspecified atom stereocenters. The zero-order valence-electron chi connectivity index (χ0n) is 15.3. The van der Waals surface area contributed by atoms with Crippen molar-refractivity contribution in [3.05, 3.63) is 81.3 Å². The Morgan fingerprint density at radius 3 is 2.36 bits per heavy atom. The number of halogens is 1. The first-order valence-electron chi connectivity index (χ1n) is 8.61. The molecule has 28 heavy (non-hydrogen) atoms. The van der Waals surface area contributed by atoms with E-state index in [4.69, 9.17) is 4.74 Å². The molecule has 0 saturated carbocycles. The quantitative estimate of drug-likeness (QED) is 0.324. The molecule has 0 atom stereocenters. The Morgan fingerprint density at radius 2 is 1.71 bits per heavy atom. The molecular formula is C21H20BrNO4S. The van der Waals surface area contributed by atoms with Crippen LogP contribution >= 0.6 is 27.7 Å². The lowest BCUT2D eigenvalue weighted by Gasteiger charge is -2.10. The van der Waals surface area contributed by atoms with E-state index in [0.29, 0.717) is 16.2 Å². The molecule has 0 aromatic heterocycles. The van der Waals surface area contributed by atoms with Crippen LogP contribution in [0.3, 0.4) is 0 Å². The van der Waals surface area contributed by atoms with Gasteiger partial charge in [-0.05, 0) is 31.2 Å². The number of benzene rings is 2. The minimum Gasteiger partial charge on any atom is -0.465 e. The molecule has 0 saturated heterocycles. The van der Waals surface area contributed by atoms with Crippen molar-refractivity contribution in [2.75, 3.05) is 18.9 Å². The van der Waals surface area contributed by atoms with E-state index in [1.165, 1.54) is 17.8 Å². The Morgan fingerprint density at radius 1 is 1.04 bits per heavy atom. The highest BCUT2D eigenvalue weighted by Crippen LogP contribution is 2.17. The SMILES string of the molecule is CCOC(=O)CN/C(=C/C(=O)c1ccc(Br)cc1)SCC(=O)c1ccccc1. The molecule has 0 heterocycles. The topological polar surface area (TPSA) is 72.5 Å². The molecule has 0 aliphatic rings. The van der Waals surface area contributed by atoms with Crippen molar-refractivity contribution in [2.24, 2.45) is 0 Å². The van der Waals surface area contributed by atoms with Crippen LogP contribution in [0.4, 0.5) is 0 Å². The molecule has 5 nitrogen and oxygen atoms in total. The van der Waals surface area contributed by atoms with Gasteiger partial charge in [0.1, 0.15) is 6.54 Å². The van der Waals surface area contributed by atoms with Crippen LogP contribution in [0.5, 0.6) is 0 Å². The van der Waals surface area contributed by atoms with Gasteiger partial charge in [0.15, 0.2) is 11.6 Å². The third kappa shape index (κ3) is 7.32. The minimum absolute atomic E-state index is 0.0643. The van der Waals surface area contributed by atoms with Gasteiger partial charge in [-0.15, -0.1) is 11.8 Å². The van der Waals surface area contributed by atoms with E-state index in [1.807, 2.05) is 6.07 Å². The highest BCUT2D eigenvalue weighted by Gasteiger charge is 2.12. The number of allylic oxidation sites excluding steroid dienone is 1. The molecule has 2 aromatic carbocycles. The summed E-state index contributed by atoms with van der Waals surface area (Å²) < 4.78 is 5.77. The van der Waals surface area contributed by atoms with E-state index >= 15 is 0 Å². The number of Topliss-reactive ketones (excluding diaryl/α,β-unsaturated/α-hetero) is 1. The maximum atomic E-state index is 12.5. The van der Waals surface area contributed by atoms with Gasteiger partial charge in [0.05, 0.1) is 17.4 Å². The Hall–Kier alpha value is -2.38. The molecule has 0 bridgehead atoms. The molecule has 0 radical (unpaired) electrons. The molecule has 2 aromatic rings. The van der Waals surface area contributed by atoms with Gasteiger partial charge in [0.25, 0.3) is 0 Å². The summed E-state index contributed by atoms with van der Waals surface area (Å²) in [6, 6.07) is 15.9. The number of ether oxygens (including phenoxy) is 1. The first kappa shape index (κ1) is 21.9. The molecule has 146 valence electrons. The predicted molar refractivity (Wildman–Crippen MR) is 114 cm³/mol. The van der Waals surface area contributed by atoms with Crippen molar-refractivity contribution < 1.29 is 19.1 Å². The van der Waals surface area contributed by atoms with E-state index in [9.17, 15) is 14.4 Å². The summed E-state index contributed by atoms with van der Waals surface area (Å²) in [6.07, 6.45) is 1.39. The molecule has 0 aliphatic carbocycles. The second-order valence-electron chi connectivity index (χ2n) is 5.62. The van der Waals surface area contributed by atoms with Gasteiger partial charge in [-0.3, -0.25) is 14.4 Å². The summed E-state index contributed by atoms with van der Waals surface area (Å²) >= 11 is 4.51. The van der Waals surface area contributed by atoms with Crippen LogP contribution < -0.4 is 5.32 Å². The molecule has 2 rings (SSSR count). The lowest BCUT2D eigenvalue weighted by molar-refractivity contribution is -0.141. The summed E-state index contributed by atoms with van der Waals surface area (Å²) in [5.74, 6) is -0.581. The van der Waals surface area contributed by atoms with E-state index in [0.717, 1.165) is 4.47 Å². The van der Waals surface area contributed by atoms with Crippen molar-refractivity contribution >= 4 is 45.2 Å². The maximum Gasteiger partial charge on any atom is 0.325 e. The summed E-state index contributed by atoms with van der Waals surface area (Å²) in [5, 5.41) is 3.33. The van der Waals surface area contributed by atoms with E-state index in [1.54, 1.807) is 55.5 Å². The van der Waals surface area contributed by atoms with Gasteiger partial charge >= 0.3 is 5.97 Å². The van der Waals surface area contributed by atoms with Crippen LogP contribution in [0.25, 0.3) is 0 Å². The number of esters is 1. The highest BCUT2D eigenvalue weighted by molar-refractivity contribution is 9.10. The van der Waals surface area contributed by atoms with Crippen molar-refractivity contribution in [2.45, 2.75) is 6.92 Å². The number of carbonyl (C=O) groups excluding carboxylic acids is 3. The fraction of sp³-hybridized carbons (Fsp3) is 0.190. The van der Waals surface area contributed by atoms with Crippen molar-refractivity contribution in [1.82, 2.24) is 5.32 Å². The van der Waals surface area contributed by atoms with Gasteiger partial charge in [-0.25, -0.2) is 0 Å². The smallest absolute Gasteiger partial charge is 0.325 e. The average molecular weight is 462 g/mol. The molecular weight excluding hydrogens is 442 g/mol. The van der Waals surface area contributed by atoms with Crippen LogP contribution in [-0.2, 0) is 9.53 Å². The lowest BCUT2D eigenvalue weighted by Crippen LogP contribution is -2.24. The predicted octanol–water partition coefficient (Wildman–Crippen LogP) is 4.24. The third-order valence-electron chi connectivity index (χ3n) is 3.56. The molecule has 0 fully saturated rings. The number of hydrogen-bond donors (Lipinski definition) is 1. The van der Waals surface area contributed by atoms with E-state index in [-0.39, 0.29) is 30.5 Å². The molecule has 0 aliphatic heterocycles. The summed E-state index contributed by atoms with van der Waals surface area (Å²) in [7, 11) is 0. The number of ketones is 2. The van der Waals surface area contributed by atoms with Crippen LogP contribution in [-0.4, -0.2) is 36.4 Å². The normalized spacial score (nSPS) is 11.0. The Balaban J connectivity index is 2.09. The Labute approximate surface area is 176 Å². The standard InChI is InChI=1S/C21H20BrNO4S/c1-2-27-21(26)13-23-20(12-18(24)16-8-10-17(22)11-9-16)28-14-19(25)15-6-4-3-5-7-15/h3-12,23H,2,13-14H2,1H3/b20-12-. The van der Waals surface area contributed by atoms with Gasteiger partial charge in [-0.2, -0.15) is 0 Å². The fourth-order valence-electron chi connectivity index (χ4n) is 2.18.